The van der Waals surface area contributed by atoms with Crippen LogP contribution in [0.5, 0.6) is 0 Å². The van der Waals surface area contributed by atoms with Gasteiger partial charge >= 0.3 is 0 Å². The molecule has 0 aliphatic heterocycles. The van der Waals surface area contributed by atoms with Gasteiger partial charge < -0.3 is 5.32 Å². The maximum absolute atomic E-state index is 3.44. The van der Waals surface area contributed by atoms with Crippen LogP contribution in [0.25, 0.3) is 0 Å². The Kier molecular flexibility index (Phi) is 12.1. The molecule has 0 spiro atoms. The van der Waals surface area contributed by atoms with E-state index < -0.39 is 0 Å². The largest absolute Gasteiger partial charge is 0.317 e. The van der Waals surface area contributed by atoms with Crippen LogP contribution in [-0.4, -0.2) is 29.5 Å². The minimum Gasteiger partial charge on any atom is -0.317 e. The molecule has 0 fully saturated rings. The highest BCUT2D eigenvalue weighted by Crippen LogP contribution is 1.94. The van der Waals surface area contributed by atoms with Gasteiger partial charge in [0.1, 0.15) is 0 Å². The Morgan fingerprint density at radius 2 is 1.91 bits per heavy atom. The Morgan fingerprint density at radius 3 is 2.55 bits per heavy atom. The molecule has 0 saturated heterocycles. The van der Waals surface area contributed by atoms with Crippen molar-refractivity contribution in [2.75, 3.05) is 29.5 Å². The lowest BCUT2D eigenvalue weighted by Gasteiger charge is -2.01. The highest BCUT2D eigenvalue weighted by molar-refractivity contribution is 14.1. The smallest absolute Gasteiger partial charge is 0.000426 e. The lowest BCUT2D eigenvalue weighted by atomic mass is 10.3. The lowest BCUT2D eigenvalue weighted by Crippen LogP contribution is -2.17. The molecular formula is C8H18INS. The van der Waals surface area contributed by atoms with Crippen molar-refractivity contribution in [3.8, 4) is 0 Å². The quantitative estimate of drug-likeness (QED) is 0.418. The monoisotopic (exact) mass is 287 g/mol. The molecule has 0 aromatic rings. The number of nitrogens with one attached hydrogen (secondary N) is 1. The van der Waals surface area contributed by atoms with Crippen molar-refractivity contribution in [3.05, 3.63) is 0 Å². The summed E-state index contributed by atoms with van der Waals surface area (Å²) in [6, 6.07) is 0. The summed E-state index contributed by atoms with van der Waals surface area (Å²) in [4.78, 5) is 0. The standard InChI is InChI=1S/C8H18INS/c1-11-8-4-7-10-6-3-2-5-9/h10H,2-8H2,1H3. The molecule has 0 aromatic heterocycles. The topological polar surface area (TPSA) is 12.0 Å². The minimum atomic E-state index is 1.20. The summed E-state index contributed by atoms with van der Waals surface area (Å²) in [6.07, 6.45) is 6.17. The van der Waals surface area contributed by atoms with E-state index >= 15 is 0 Å². The second kappa shape index (κ2) is 11.0. The molecule has 0 atom stereocenters. The van der Waals surface area contributed by atoms with Gasteiger partial charge in [-0.15, -0.1) is 0 Å². The molecule has 0 aliphatic carbocycles. The second-order valence-electron chi connectivity index (χ2n) is 2.49. The second-order valence-corrected chi connectivity index (χ2v) is 4.56. The van der Waals surface area contributed by atoms with E-state index in [1.165, 1.54) is 42.5 Å². The van der Waals surface area contributed by atoms with Crippen molar-refractivity contribution in [2.24, 2.45) is 0 Å². The molecule has 0 aromatic carbocycles. The van der Waals surface area contributed by atoms with E-state index in [1.54, 1.807) is 0 Å². The van der Waals surface area contributed by atoms with Gasteiger partial charge in [0.05, 0.1) is 0 Å². The first-order valence-electron chi connectivity index (χ1n) is 4.17. The third-order valence-electron chi connectivity index (χ3n) is 1.44. The maximum Gasteiger partial charge on any atom is -0.000426 e. The predicted molar refractivity (Wildman–Crippen MR) is 64.0 cm³/mol. The first-order valence-corrected chi connectivity index (χ1v) is 7.09. The van der Waals surface area contributed by atoms with Gasteiger partial charge in [0.2, 0.25) is 0 Å². The predicted octanol–water partition coefficient (Wildman–Crippen LogP) is 2.54. The van der Waals surface area contributed by atoms with Crippen LogP contribution in [0, 0.1) is 0 Å². The third-order valence-corrected chi connectivity index (χ3v) is 2.90. The SMILES string of the molecule is CSCCCNCCCCI. The third kappa shape index (κ3) is 11.0. The molecule has 0 bridgehead atoms. The summed E-state index contributed by atoms with van der Waals surface area (Å²) >= 11 is 4.36. The van der Waals surface area contributed by atoms with Gasteiger partial charge in [0.25, 0.3) is 0 Å². The molecular weight excluding hydrogens is 269 g/mol. The molecule has 1 N–H and O–H groups in total. The first kappa shape index (κ1) is 12.0. The fourth-order valence-corrected chi connectivity index (χ4v) is 1.78. The zero-order valence-electron chi connectivity index (χ0n) is 7.24. The average molecular weight is 287 g/mol. The van der Waals surface area contributed by atoms with E-state index in [2.05, 4.69) is 34.2 Å². The molecule has 0 heterocycles. The highest BCUT2D eigenvalue weighted by atomic mass is 127. The molecule has 0 saturated carbocycles. The van der Waals surface area contributed by atoms with Gasteiger partial charge in [-0.1, -0.05) is 22.6 Å². The van der Waals surface area contributed by atoms with Gasteiger partial charge in [-0.2, -0.15) is 11.8 Å². The average Bonchev–Trinajstić information content (AvgIpc) is 2.03. The summed E-state index contributed by atoms with van der Waals surface area (Å²) in [5.74, 6) is 1.29. The minimum absolute atomic E-state index is 1.20. The van der Waals surface area contributed by atoms with E-state index in [0.29, 0.717) is 0 Å². The van der Waals surface area contributed by atoms with Crippen molar-refractivity contribution < 1.29 is 0 Å². The zero-order chi connectivity index (χ0) is 8.36. The number of thioether (sulfide) groups is 1. The molecule has 68 valence electrons. The molecule has 0 aliphatic rings. The summed E-state index contributed by atoms with van der Waals surface area (Å²) in [5.41, 5.74) is 0. The van der Waals surface area contributed by atoms with Crippen LogP contribution in [0.1, 0.15) is 19.3 Å². The molecule has 0 rings (SSSR count). The Balaban J connectivity index is 2.69. The Morgan fingerprint density at radius 1 is 1.18 bits per heavy atom. The van der Waals surface area contributed by atoms with Gasteiger partial charge in [0, 0.05) is 0 Å². The summed E-state index contributed by atoms with van der Waals surface area (Å²) in [6.45, 7) is 2.40. The Labute approximate surface area is 88.2 Å². The number of unbranched alkanes of at least 4 members (excludes halogenated alkanes) is 1. The van der Waals surface area contributed by atoms with E-state index in [0.717, 1.165) is 0 Å². The fourth-order valence-electron chi connectivity index (χ4n) is 0.811. The summed E-state index contributed by atoms with van der Waals surface area (Å²) in [7, 11) is 0. The molecule has 0 amide bonds. The maximum atomic E-state index is 3.44. The van der Waals surface area contributed by atoms with E-state index in [-0.39, 0.29) is 0 Å². The fraction of sp³-hybridized carbons (Fsp3) is 1.00. The zero-order valence-corrected chi connectivity index (χ0v) is 10.2. The van der Waals surface area contributed by atoms with Gasteiger partial charge in [-0.05, 0) is 48.8 Å². The van der Waals surface area contributed by atoms with E-state index in [9.17, 15) is 0 Å². The van der Waals surface area contributed by atoms with Crippen molar-refractivity contribution in [3.63, 3.8) is 0 Å². The molecule has 3 heteroatoms. The van der Waals surface area contributed by atoms with Crippen molar-refractivity contribution in [1.82, 2.24) is 5.32 Å². The van der Waals surface area contributed by atoms with Crippen LogP contribution in [0.2, 0.25) is 0 Å². The van der Waals surface area contributed by atoms with Gasteiger partial charge in [-0.25, -0.2) is 0 Å². The van der Waals surface area contributed by atoms with Gasteiger partial charge in [-0.3, -0.25) is 0 Å². The van der Waals surface area contributed by atoms with Crippen LogP contribution in [-0.2, 0) is 0 Å². The lowest BCUT2D eigenvalue weighted by molar-refractivity contribution is 0.639. The number of halogens is 1. The number of hydrogen-bond donors (Lipinski definition) is 1. The number of alkyl halides is 1. The summed E-state index contributed by atoms with van der Waals surface area (Å²) in [5, 5.41) is 3.44. The Hall–Kier alpha value is 1.04. The van der Waals surface area contributed by atoms with Crippen LogP contribution < -0.4 is 5.32 Å². The van der Waals surface area contributed by atoms with Gasteiger partial charge in [0.15, 0.2) is 0 Å². The van der Waals surface area contributed by atoms with Crippen LogP contribution >= 0.6 is 34.4 Å². The van der Waals surface area contributed by atoms with Crippen LogP contribution in [0.4, 0.5) is 0 Å². The first-order chi connectivity index (χ1) is 5.41. The summed E-state index contributed by atoms with van der Waals surface area (Å²) < 4.78 is 1.30. The molecule has 1 nitrogen and oxygen atoms in total. The Bertz CT molecular complexity index is 63.1. The van der Waals surface area contributed by atoms with Crippen molar-refractivity contribution >= 4 is 34.4 Å². The highest BCUT2D eigenvalue weighted by Gasteiger charge is 1.87. The number of hydrogen-bond acceptors (Lipinski definition) is 2. The van der Waals surface area contributed by atoms with Crippen molar-refractivity contribution in [2.45, 2.75) is 19.3 Å². The normalized spacial score (nSPS) is 10.4. The van der Waals surface area contributed by atoms with Crippen LogP contribution in [0.3, 0.4) is 0 Å². The molecule has 0 unspecified atom stereocenters. The van der Waals surface area contributed by atoms with E-state index in [1.807, 2.05) is 11.8 Å². The van der Waals surface area contributed by atoms with E-state index in [4.69, 9.17) is 0 Å². The number of rotatable bonds is 8. The molecule has 0 radical (unpaired) electrons. The van der Waals surface area contributed by atoms with Crippen molar-refractivity contribution in [1.29, 1.82) is 0 Å². The molecule has 11 heavy (non-hydrogen) atoms. The van der Waals surface area contributed by atoms with Crippen LogP contribution in [0.15, 0.2) is 0 Å².